The number of nitrogens with one attached hydrogen (secondary N) is 1. The topological polar surface area (TPSA) is 31.7 Å². The zero-order valence-electron chi connectivity index (χ0n) is 13.4. The lowest BCUT2D eigenvalue weighted by atomic mass is 10.0. The Balaban J connectivity index is 1.68. The molecule has 1 fully saturated rings. The van der Waals surface area contributed by atoms with Crippen LogP contribution in [-0.4, -0.2) is 54.1 Å². The Bertz CT molecular complexity index is 375. The summed E-state index contributed by atoms with van der Waals surface area (Å²) in [6.07, 6.45) is 1.73. The first-order valence-electron chi connectivity index (χ1n) is 7.69. The molecule has 1 aliphatic rings. The molecule has 1 N–H and O–H groups in total. The van der Waals surface area contributed by atoms with Crippen LogP contribution in [0.4, 0.5) is 0 Å². The van der Waals surface area contributed by atoms with E-state index in [9.17, 15) is 0 Å². The highest BCUT2D eigenvalue weighted by Crippen LogP contribution is 2.16. The van der Waals surface area contributed by atoms with E-state index in [1.165, 1.54) is 26.2 Å². The molecule has 1 aliphatic heterocycles. The van der Waals surface area contributed by atoms with Crippen LogP contribution in [0, 0.1) is 0 Å². The first kappa shape index (κ1) is 15.5. The number of nitrogens with zero attached hydrogens (tertiary/aromatic N) is 2. The molecule has 0 aliphatic carbocycles. The Morgan fingerprint density at radius 3 is 2.50 bits per heavy atom. The van der Waals surface area contributed by atoms with Crippen molar-refractivity contribution in [1.29, 1.82) is 0 Å². The third kappa shape index (κ3) is 4.33. The number of hydrogen-bond acceptors (Lipinski definition) is 4. The van der Waals surface area contributed by atoms with Gasteiger partial charge in [-0.1, -0.05) is 0 Å². The van der Waals surface area contributed by atoms with Gasteiger partial charge in [0, 0.05) is 44.3 Å². The lowest BCUT2D eigenvalue weighted by Crippen LogP contribution is -2.56. The van der Waals surface area contributed by atoms with Gasteiger partial charge in [0.25, 0.3) is 0 Å². The van der Waals surface area contributed by atoms with E-state index >= 15 is 0 Å². The summed E-state index contributed by atoms with van der Waals surface area (Å²) in [7, 11) is 0. The predicted octanol–water partition coefficient (Wildman–Crippen LogP) is 2.17. The fourth-order valence-corrected chi connectivity index (χ4v) is 2.78. The average Bonchev–Trinajstić information content (AvgIpc) is 2.91. The first-order chi connectivity index (χ1) is 9.47. The third-order valence-corrected chi connectivity index (χ3v) is 4.21. The molecular weight excluding hydrogens is 250 g/mol. The molecule has 4 heteroatoms. The Labute approximate surface area is 123 Å². The summed E-state index contributed by atoms with van der Waals surface area (Å²) in [5.41, 5.74) is 0.298. The molecule has 0 amide bonds. The van der Waals surface area contributed by atoms with Crippen molar-refractivity contribution in [3.63, 3.8) is 0 Å². The summed E-state index contributed by atoms with van der Waals surface area (Å²) in [5.74, 6) is 1.01. The molecule has 0 saturated carbocycles. The van der Waals surface area contributed by atoms with Crippen LogP contribution >= 0.6 is 0 Å². The van der Waals surface area contributed by atoms with Gasteiger partial charge in [0.15, 0.2) is 0 Å². The van der Waals surface area contributed by atoms with E-state index in [-0.39, 0.29) is 0 Å². The summed E-state index contributed by atoms with van der Waals surface area (Å²) in [4.78, 5) is 5.16. The van der Waals surface area contributed by atoms with E-state index in [1.54, 1.807) is 6.26 Å². The Morgan fingerprint density at radius 2 is 1.95 bits per heavy atom. The molecule has 0 spiro atoms. The van der Waals surface area contributed by atoms with E-state index in [2.05, 4.69) is 42.8 Å². The van der Waals surface area contributed by atoms with Crippen LogP contribution < -0.4 is 5.32 Å². The highest BCUT2D eigenvalue weighted by molar-refractivity contribution is 4.97. The second kappa shape index (κ2) is 6.74. The normalized spacial score (nSPS) is 20.2. The van der Waals surface area contributed by atoms with Crippen LogP contribution in [0.1, 0.15) is 33.5 Å². The van der Waals surface area contributed by atoms with E-state index in [4.69, 9.17) is 4.42 Å². The minimum Gasteiger partial charge on any atom is -0.468 e. The smallest absolute Gasteiger partial charge is 0.117 e. The van der Waals surface area contributed by atoms with Crippen molar-refractivity contribution in [3.8, 4) is 0 Å². The Morgan fingerprint density at radius 1 is 1.25 bits per heavy atom. The van der Waals surface area contributed by atoms with Gasteiger partial charge in [0.1, 0.15) is 5.76 Å². The van der Waals surface area contributed by atoms with Gasteiger partial charge in [0.05, 0.1) is 12.8 Å². The zero-order valence-corrected chi connectivity index (χ0v) is 13.4. The molecule has 4 nitrogen and oxygen atoms in total. The van der Waals surface area contributed by atoms with Crippen molar-refractivity contribution in [2.75, 3.05) is 32.7 Å². The van der Waals surface area contributed by atoms with Gasteiger partial charge in [-0.3, -0.25) is 9.80 Å². The third-order valence-electron chi connectivity index (χ3n) is 4.21. The molecule has 0 bridgehead atoms. The van der Waals surface area contributed by atoms with Crippen LogP contribution in [0.3, 0.4) is 0 Å². The highest BCUT2D eigenvalue weighted by Gasteiger charge is 2.27. The standard InChI is InChI=1S/C16H29N3O/c1-14(12-17-13-15-6-5-11-20-15)18-7-9-19(10-8-18)16(2,3)4/h5-6,11,14,17H,7-10,12-13H2,1-4H3. The summed E-state index contributed by atoms with van der Waals surface area (Å²) in [6.45, 7) is 15.7. The molecule has 0 aromatic carbocycles. The molecule has 2 rings (SSSR count). The monoisotopic (exact) mass is 279 g/mol. The van der Waals surface area contributed by atoms with Crippen molar-refractivity contribution < 1.29 is 4.42 Å². The maximum absolute atomic E-state index is 5.33. The quantitative estimate of drug-likeness (QED) is 0.895. The van der Waals surface area contributed by atoms with Crippen molar-refractivity contribution in [2.45, 2.75) is 45.8 Å². The molecule has 114 valence electrons. The molecule has 1 aromatic rings. The number of furan rings is 1. The number of piperazine rings is 1. The molecular formula is C16H29N3O. The van der Waals surface area contributed by atoms with Crippen LogP contribution in [0.5, 0.6) is 0 Å². The molecule has 1 saturated heterocycles. The largest absolute Gasteiger partial charge is 0.468 e. The van der Waals surface area contributed by atoms with Gasteiger partial charge >= 0.3 is 0 Å². The van der Waals surface area contributed by atoms with Crippen LogP contribution in [0.2, 0.25) is 0 Å². The van der Waals surface area contributed by atoms with Gasteiger partial charge in [-0.25, -0.2) is 0 Å². The highest BCUT2D eigenvalue weighted by atomic mass is 16.3. The SMILES string of the molecule is CC(CNCc1ccco1)N1CCN(C(C)(C)C)CC1. The molecule has 2 heterocycles. The minimum absolute atomic E-state index is 0.298. The van der Waals surface area contributed by atoms with Crippen LogP contribution in [0.15, 0.2) is 22.8 Å². The fraction of sp³-hybridized carbons (Fsp3) is 0.750. The first-order valence-corrected chi connectivity index (χ1v) is 7.69. The van der Waals surface area contributed by atoms with Crippen molar-refractivity contribution in [1.82, 2.24) is 15.1 Å². The lowest BCUT2D eigenvalue weighted by Gasteiger charge is -2.44. The summed E-state index contributed by atoms with van der Waals surface area (Å²) < 4.78 is 5.33. The van der Waals surface area contributed by atoms with Crippen molar-refractivity contribution in [2.24, 2.45) is 0 Å². The summed E-state index contributed by atoms with van der Waals surface area (Å²) in [6, 6.07) is 4.53. The van der Waals surface area contributed by atoms with Gasteiger partial charge in [0.2, 0.25) is 0 Å². The minimum atomic E-state index is 0.298. The van der Waals surface area contributed by atoms with E-state index in [0.717, 1.165) is 18.8 Å². The molecule has 20 heavy (non-hydrogen) atoms. The Hall–Kier alpha value is -0.840. The average molecular weight is 279 g/mol. The molecule has 1 atom stereocenters. The van der Waals surface area contributed by atoms with Crippen molar-refractivity contribution >= 4 is 0 Å². The fourth-order valence-electron chi connectivity index (χ4n) is 2.78. The maximum atomic E-state index is 5.33. The van der Waals surface area contributed by atoms with Gasteiger partial charge in [-0.15, -0.1) is 0 Å². The van der Waals surface area contributed by atoms with Gasteiger partial charge < -0.3 is 9.73 Å². The van der Waals surface area contributed by atoms with E-state index < -0.39 is 0 Å². The van der Waals surface area contributed by atoms with Gasteiger partial charge in [-0.05, 0) is 39.8 Å². The molecule has 1 unspecified atom stereocenters. The van der Waals surface area contributed by atoms with Crippen molar-refractivity contribution in [3.05, 3.63) is 24.2 Å². The summed E-state index contributed by atoms with van der Waals surface area (Å²) in [5, 5.41) is 3.48. The molecule has 1 aromatic heterocycles. The van der Waals surface area contributed by atoms with Crippen LogP contribution in [0.25, 0.3) is 0 Å². The predicted molar refractivity (Wildman–Crippen MR) is 82.8 cm³/mol. The Kier molecular flexibility index (Phi) is 5.24. The number of hydrogen-bond donors (Lipinski definition) is 1. The lowest BCUT2D eigenvalue weighted by molar-refractivity contribution is 0.0455. The summed E-state index contributed by atoms with van der Waals surface area (Å²) >= 11 is 0. The van der Waals surface area contributed by atoms with Crippen LogP contribution in [-0.2, 0) is 6.54 Å². The second-order valence-electron chi connectivity index (χ2n) is 6.75. The second-order valence-corrected chi connectivity index (χ2v) is 6.75. The zero-order chi connectivity index (χ0) is 14.6. The van der Waals surface area contributed by atoms with E-state index in [0.29, 0.717) is 11.6 Å². The maximum Gasteiger partial charge on any atom is 0.117 e. The van der Waals surface area contributed by atoms with Gasteiger partial charge in [-0.2, -0.15) is 0 Å². The van der Waals surface area contributed by atoms with E-state index in [1.807, 2.05) is 12.1 Å². The molecule has 0 radical (unpaired) electrons. The number of rotatable bonds is 5.